The van der Waals surface area contributed by atoms with Crippen molar-refractivity contribution in [3.63, 3.8) is 0 Å². The van der Waals surface area contributed by atoms with Gasteiger partial charge in [0.05, 0.1) is 5.56 Å². The average Bonchev–Trinajstić information content (AvgIpc) is 2.39. The first-order valence-corrected chi connectivity index (χ1v) is 6.79. The molecule has 5 heteroatoms. The predicted octanol–water partition coefficient (Wildman–Crippen LogP) is 4.28. The Balaban J connectivity index is 2.10. The Morgan fingerprint density at radius 2 is 1.68 bits per heavy atom. The average molecular weight is 293 g/mol. The van der Waals surface area contributed by atoms with Crippen LogP contribution in [0, 0.1) is 5.41 Å². The molecule has 1 heterocycles. The molecule has 0 atom stereocenters. The normalized spacial score (nSPS) is 19.4. The van der Waals surface area contributed by atoms with Crippen molar-refractivity contribution in [1.82, 2.24) is 0 Å². The minimum absolute atomic E-state index is 0.0421. The molecule has 0 N–H and O–H groups in total. The van der Waals surface area contributed by atoms with Gasteiger partial charge in [0.15, 0.2) is 0 Å². The van der Waals surface area contributed by atoms with E-state index in [1.54, 1.807) is 12.1 Å². The van der Waals surface area contributed by atoms with Gasteiger partial charge in [-0.25, -0.2) is 0 Å². The maximum Gasteiger partial charge on any atom is 0.416 e. The zero-order valence-corrected chi connectivity index (χ0v) is 11.2. The lowest BCUT2D eigenvalue weighted by molar-refractivity contribution is -0.137. The lowest BCUT2D eigenvalue weighted by atomic mass is 9.77. The Kier molecular flexibility index (Phi) is 4.41. The fourth-order valence-corrected chi connectivity index (χ4v) is 2.77. The quantitative estimate of drug-likeness (QED) is 0.756. The molecular weight excluding hydrogens is 277 g/mol. The molecular formula is C14H16ClF3O. The van der Waals surface area contributed by atoms with Gasteiger partial charge in [-0.05, 0) is 42.4 Å². The van der Waals surface area contributed by atoms with E-state index in [0.29, 0.717) is 25.5 Å². The zero-order valence-electron chi connectivity index (χ0n) is 10.5. The number of alkyl halides is 4. The lowest BCUT2D eigenvalue weighted by Crippen LogP contribution is -2.33. The van der Waals surface area contributed by atoms with Crippen LogP contribution in [-0.2, 0) is 17.3 Å². The van der Waals surface area contributed by atoms with E-state index in [0.717, 1.165) is 30.5 Å². The van der Waals surface area contributed by atoms with Crippen LogP contribution in [0.1, 0.15) is 24.0 Å². The first kappa shape index (κ1) is 14.7. The topological polar surface area (TPSA) is 9.23 Å². The fraction of sp³-hybridized carbons (Fsp3) is 0.571. The predicted molar refractivity (Wildman–Crippen MR) is 68.4 cm³/mol. The Bertz CT molecular complexity index is 408. The molecule has 0 unspecified atom stereocenters. The molecule has 0 bridgehead atoms. The highest BCUT2D eigenvalue weighted by molar-refractivity contribution is 6.18. The highest BCUT2D eigenvalue weighted by Crippen LogP contribution is 2.36. The largest absolute Gasteiger partial charge is 0.416 e. The van der Waals surface area contributed by atoms with Crippen molar-refractivity contribution in [3.05, 3.63) is 35.4 Å². The number of rotatable bonds is 3. The van der Waals surface area contributed by atoms with E-state index in [1.807, 2.05) is 0 Å². The van der Waals surface area contributed by atoms with Crippen LogP contribution in [0.3, 0.4) is 0 Å². The van der Waals surface area contributed by atoms with Gasteiger partial charge >= 0.3 is 6.18 Å². The first-order chi connectivity index (χ1) is 8.95. The summed E-state index contributed by atoms with van der Waals surface area (Å²) in [4.78, 5) is 0. The van der Waals surface area contributed by atoms with Crippen molar-refractivity contribution in [1.29, 1.82) is 0 Å². The molecule has 0 spiro atoms. The molecule has 1 fully saturated rings. The number of benzene rings is 1. The summed E-state index contributed by atoms with van der Waals surface area (Å²) >= 11 is 6.06. The molecule has 0 aromatic heterocycles. The summed E-state index contributed by atoms with van der Waals surface area (Å²) in [6.07, 6.45) is -1.85. The molecule has 0 aliphatic carbocycles. The summed E-state index contributed by atoms with van der Waals surface area (Å²) in [6.45, 7) is 1.35. The van der Waals surface area contributed by atoms with E-state index < -0.39 is 11.7 Å². The molecule has 1 aromatic carbocycles. The second-order valence-electron chi connectivity index (χ2n) is 5.12. The smallest absolute Gasteiger partial charge is 0.381 e. The summed E-state index contributed by atoms with van der Waals surface area (Å²) in [5.41, 5.74) is 0.248. The lowest BCUT2D eigenvalue weighted by Gasteiger charge is -2.35. The van der Waals surface area contributed by atoms with Gasteiger partial charge in [-0.1, -0.05) is 12.1 Å². The van der Waals surface area contributed by atoms with E-state index in [4.69, 9.17) is 16.3 Å². The molecule has 1 nitrogen and oxygen atoms in total. The molecule has 1 aliphatic heterocycles. The SMILES string of the molecule is FC(F)(F)c1ccc(CC2(CCl)CCOCC2)cc1. The van der Waals surface area contributed by atoms with Crippen molar-refractivity contribution in [2.75, 3.05) is 19.1 Å². The van der Waals surface area contributed by atoms with Gasteiger partial charge in [0.2, 0.25) is 0 Å². The van der Waals surface area contributed by atoms with Crippen LogP contribution in [0.5, 0.6) is 0 Å². The van der Waals surface area contributed by atoms with Crippen molar-refractivity contribution in [2.24, 2.45) is 5.41 Å². The molecule has 106 valence electrons. The van der Waals surface area contributed by atoms with Gasteiger partial charge in [0, 0.05) is 19.1 Å². The van der Waals surface area contributed by atoms with Crippen molar-refractivity contribution in [3.8, 4) is 0 Å². The molecule has 0 amide bonds. The fourth-order valence-electron chi connectivity index (χ4n) is 2.41. The highest BCUT2D eigenvalue weighted by Gasteiger charge is 2.33. The van der Waals surface area contributed by atoms with E-state index in [2.05, 4.69) is 0 Å². The van der Waals surface area contributed by atoms with Gasteiger partial charge < -0.3 is 4.74 Å². The maximum atomic E-state index is 12.5. The second-order valence-corrected chi connectivity index (χ2v) is 5.38. The molecule has 2 rings (SSSR count). The van der Waals surface area contributed by atoms with E-state index >= 15 is 0 Å². The minimum atomic E-state index is -4.28. The Labute approximate surface area is 115 Å². The Hall–Kier alpha value is -0.740. The van der Waals surface area contributed by atoms with Crippen LogP contribution in [-0.4, -0.2) is 19.1 Å². The Morgan fingerprint density at radius 1 is 1.11 bits per heavy atom. The van der Waals surface area contributed by atoms with E-state index in [1.165, 1.54) is 0 Å². The third-order valence-corrected chi connectivity index (χ3v) is 4.26. The molecule has 0 saturated carbocycles. The summed E-state index contributed by atoms with van der Waals surface area (Å²) in [5.74, 6) is 0.511. The molecule has 1 aliphatic rings. The third-order valence-electron chi connectivity index (χ3n) is 3.70. The number of ether oxygens (including phenoxy) is 1. The maximum absolute atomic E-state index is 12.5. The van der Waals surface area contributed by atoms with Gasteiger partial charge in [-0.2, -0.15) is 13.2 Å². The molecule has 1 aromatic rings. The van der Waals surface area contributed by atoms with Crippen molar-refractivity contribution < 1.29 is 17.9 Å². The third kappa shape index (κ3) is 3.63. The second kappa shape index (κ2) is 5.71. The van der Waals surface area contributed by atoms with Crippen molar-refractivity contribution in [2.45, 2.75) is 25.4 Å². The number of hydrogen-bond donors (Lipinski definition) is 0. The van der Waals surface area contributed by atoms with Gasteiger partial charge in [-0.15, -0.1) is 11.6 Å². The van der Waals surface area contributed by atoms with Gasteiger partial charge in [0.25, 0.3) is 0 Å². The van der Waals surface area contributed by atoms with Crippen LogP contribution in [0.15, 0.2) is 24.3 Å². The van der Waals surface area contributed by atoms with Crippen LogP contribution in [0.2, 0.25) is 0 Å². The summed E-state index contributed by atoms with van der Waals surface area (Å²) < 4.78 is 42.8. The Morgan fingerprint density at radius 3 is 2.16 bits per heavy atom. The number of hydrogen-bond acceptors (Lipinski definition) is 1. The summed E-state index contributed by atoms with van der Waals surface area (Å²) in [5, 5.41) is 0. The zero-order chi connectivity index (χ0) is 13.9. The monoisotopic (exact) mass is 292 g/mol. The molecule has 0 radical (unpaired) electrons. The van der Waals surface area contributed by atoms with Crippen LogP contribution in [0.4, 0.5) is 13.2 Å². The van der Waals surface area contributed by atoms with E-state index in [9.17, 15) is 13.2 Å². The van der Waals surface area contributed by atoms with Gasteiger partial charge in [-0.3, -0.25) is 0 Å². The number of halogens is 4. The van der Waals surface area contributed by atoms with Gasteiger partial charge in [0.1, 0.15) is 0 Å². The molecule has 1 saturated heterocycles. The van der Waals surface area contributed by atoms with Crippen LogP contribution in [0.25, 0.3) is 0 Å². The summed E-state index contributed by atoms with van der Waals surface area (Å²) in [6, 6.07) is 5.37. The first-order valence-electron chi connectivity index (χ1n) is 6.25. The van der Waals surface area contributed by atoms with Crippen LogP contribution < -0.4 is 0 Å². The van der Waals surface area contributed by atoms with E-state index in [-0.39, 0.29) is 5.41 Å². The summed E-state index contributed by atoms with van der Waals surface area (Å²) in [7, 11) is 0. The van der Waals surface area contributed by atoms with Crippen LogP contribution >= 0.6 is 11.6 Å². The highest BCUT2D eigenvalue weighted by atomic mass is 35.5. The minimum Gasteiger partial charge on any atom is -0.381 e. The standard InChI is InChI=1S/C14H16ClF3O/c15-10-13(5-7-19-8-6-13)9-11-1-3-12(4-2-11)14(16,17)18/h1-4H,5-10H2. The molecule has 19 heavy (non-hydrogen) atoms. The van der Waals surface area contributed by atoms with Crippen molar-refractivity contribution >= 4 is 11.6 Å².